The fourth-order valence-corrected chi connectivity index (χ4v) is 4.17. The van der Waals surface area contributed by atoms with Gasteiger partial charge in [0, 0.05) is 15.3 Å². The molecule has 0 unspecified atom stereocenters. The Hall–Kier alpha value is -2.09. The van der Waals surface area contributed by atoms with E-state index < -0.39 is 0 Å². The first-order chi connectivity index (χ1) is 9.70. The Morgan fingerprint density at radius 3 is 2.40 bits per heavy atom. The van der Waals surface area contributed by atoms with Crippen LogP contribution in [0.4, 0.5) is 5.69 Å². The molecule has 1 aromatic carbocycles. The second-order valence-corrected chi connectivity index (χ2v) is 6.75. The van der Waals surface area contributed by atoms with Crippen molar-refractivity contribution in [3.63, 3.8) is 0 Å². The summed E-state index contributed by atoms with van der Waals surface area (Å²) in [7, 11) is 0. The van der Waals surface area contributed by atoms with Gasteiger partial charge in [0.2, 0.25) is 0 Å². The van der Waals surface area contributed by atoms with Crippen molar-refractivity contribution in [1.82, 2.24) is 0 Å². The number of anilines is 1. The van der Waals surface area contributed by atoms with Crippen LogP contribution in [0.3, 0.4) is 0 Å². The van der Waals surface area contributed by atoms with Crippen LogP contribution in [0.25, 0.3) is 20.9 Å². The number of hydrogen-bond acceptors (Lipinski definition) is 4. The number of aryl methyl sites for hydroxylation is 1. The molecule has 0 aliphatic carbocycles. The van der Waals surface area contributed by atoms with Crippen LogP contribution in [0.5, 0.6) is 0 Å². The SMILES string of the molecule is Cc1ccc(-c2sc(C#N)c(N)c2-c2ccccc2)s1. The zero-order chi connectivity index (χ0) is 14.1. The van der Waals surface area contributed by atoms with E-state index in [1.54, 1.807) is 11.3 Å². The number of nitriles is 1. The standard InChI is InChI=1S/C16H12N2S2/c1-10-7-8-12(19-10)16-14(11-5-3-2-4-6-11)15(18)13(9-17)20-16/h2-8H,18H2,1H3. The van der Waals surface area contributed by atoms with Crippen LogP contribution in [0.15, 0.2) is 42.5 Å². The fourth-order valence-electron chi connectivity index (χ4n) is 2.15. The molecule has 98 valence electrons. The molecule has 0 aliphatic rings. The third-order valence-corrected chi connectivity index (χ3v) is 5.36. The minimum absolute atomic E-state index is 0.588. The van der Waals surface area contributed by atoms with Gasteiger partial charge in [-0.05, 0) is 24.6 Å². The van der Waals surface area contributed by atoms with Gasteiger partial charge in [0.05, 0.1) is 10.6 Å². The van der Waals surface area contributed by atoms with E-state index in [1.165, 1.54) is 21.1 Å². The topological polar surface area (TPSA) is 49.8 Å². The summed E-state index contributed by atoms with van der Waals surface area (Å²) in [5.74, 6) is 0. The number of hydrogen-bond donors (Lipinski definition) is 1. The Balaban J connectivity index is 2.28. The summed E-state index contributed by atoms with van der Waals surface area (Å²) in [4.78, 5) is 4.09. The Morgan fingerprint density at radius 2 is 1.80 bits per heavy atom. The smallest absolute Gasteiger partial charge is 0.129 e. The molecule has 2 N–H and O–H groups in total. The van der Waals surface area contributed by atoms with Gasteiger partial charge >= 0.3 is 0 Å². The molecule has 0 aliphatic heterocycles. The third-order valence-electron chi connectivity index (χ3n) is 3.07. The maximum absolute atomic E-state index is 9.24. The van der Waals surface area contributed by atoms with Gasteiger partial charge in [0.15, 0.2) is 0 Å². The van der Waals surface area contributed by atoms with Crippen LogP contribution in [0.2, 0.25) is 0 Å². The Morgan fingerprint density at radius 1 is 1.05 bits per heavy atom. The Labute approximate surface area is 125 Å². The second-order valence-electron chi connectivity index (χ2n) is 4.44. The zero-order valence-electron chi connectivity index (χ0n) is 10.9. The number of benzene rings is 1. The number of nitrogen functional groups attached to an aromatic ring is 1. The normalized spacial score (nSPS) is 10.4. The van der Waals surface area contributed by atoms with Gasteiger partial charge in [-0.1, -0.05) is 30.3 Å². The van der Waals surface area contributed by atoms with Crippen LogP contribution >= 0.6 is 22.7 Å². The molecule has 4 heteroatoms. The van der Waals surface area contributed by atoms with Crippen molar-refractivity contribution in [3.05, 3.63) is 52.2 Å². The van der Waals surface area contributed by atoms with Gasteiger partial charge in [0.1, 0.15) is 10.9 Å². The van der Waals surface area contributed by atoms with Crippen molar-refractivity contribution in [2.75, 3.05) is 5.73 Å². The van der Waals surface area contributed by atoms with Gasteiger partial charge in [-0.25, -0.2) is 0 Å². The summed E-state index contributed by atoms with van der Waals surface area (Å²) < 4.78 is 0. The van der Waals surface area contributed by atoms with Crippen LogP contribution in [0.1, 0.15) is 9.75 Å². The first-order valence-electron chi connectivity index (χ1n) is 6.15. The van der Waals surface area contributed by atoms with Crippen LogP contribution in [-0.4, -0.2) is 0 Å². The van der Waals surface area contributed by atoms with Crippen molar-refractivity contribution < 1.29 is 0 Å². The molecule has 3 aromatic rings. The number of nitrogens with zero attached hydrogens (tertiary/aromatic N) is 1. The molecule has 2 heterocycles. The highest BCUT2D eigenvalue weighted by atomic mass is 32.1. The lowest BCUT2D eigenvalue weighted by Gasteiger charge is -2.04. The predicted octanol–water partition coefficient (Wildman–Crippen LogP) is 4.91. The summed E-state index contributed by atoms with van der Waals surface area (Å²) in [5.41, 5.74) is 8.81. The average molecular weight is 296 g/mol. The zero-order valence-corrected chi connectivity index (χ0v) is 12.5. The van der Waals surface area contributed by atoms with Crippen molar-refractivity contribution in [2.24, 2.45) is 0 Å². The van der Waals surface area contributed by atoms with Gasteiger partial charge in [-0.15, -0.1) is 22.7 Å². The van der Waals surface area contributed by atoms with Crippen LogP contribution in [-0.2, 0) is 0 Å². The van der Waals surface area contributed by atoms with Crippen molar-refractivity contribution >= 4 is 28.4 Å². The molecule has 0 bridgehead atoms. The van der Waals surface area contributed by atoms with Crippen molar-refractivity contribution in [2.45, 2.75) is 6.92 Å². The van der Waals surface area contributed by atoms with Crippen molar-refractivity contribution in [3.8, 4) is 27.0 Å². The minimum Gasteiger partial charge on any atom is -0.396 e. The quantitative estimate of drug-likeness (QED) is 0.730. The second kappa shape index (κ2) is 5.12. The maximum atomic E-state index is 9.24. The lowest BCUT2D eigenvalue weighted by atomic mass is 10.0. The monoisotopic (exact) mass is 296 g/mol. The molecule has 3 rings (SSSR count). The number of thiophene rings is 2. The van der Waals surface area contributed by atoms with E-state index in [9.17, 15) is 5.26 Å². The van der Waals surface area contributed by atoms with Crippen LogP contribution < -0.4 is 5.73 Å². The molecule has 0 fully saturated rings. The van der Waals surface area contributed by atoms with Crippen molar-refractivity contribution in [1.29, 1.82) is 5.26 Å². The highest BCUT2D eigenvalue weighted by Crippen LogP contribution is 2.46. The lowest BCUT2D eigenvalue weighted by molar-refractivity contribution is 1.52. The number of rotatable bonds is 2. The van der Waals surface area contributed by atoms with E-state index in [0.29, 0.717) is 10.6 Å². The minimum atomic E-state index is 0.588. The summed E-state index contributed by atoms with van der Waals surface area (Å²) in [5, 5.41) is 9.24. The molecule has 0 radical (unpaired) electrons. The third kappa shape index (κ3) is 2.11. The van der Waals surface area contributed by atoms with Gasteiger partial charge in [0.25, 0.3) is 0 Å². The first kappa shape index (κ1) is 12.9. The van der Waals surface area contributed by atoms with Gasteiger partial charge in [-0.2, -0.15) is 5.26 Å². The van der Waals surface area contributed by atoms with E-state index in [-0.39, 0.29) is 0 Å². The summed E-state index contributed by atoms with van der Waals surface area (Å²) in [6.45, 7) is 2.08. The molecule has 2 aromatic heterocycles. The van der Waals surface area contributed by atoms with Crippen LogP contribution in [0, 0.1) is 18.3 Å². The molecule has 20 heavy (non-hydrogen) atoms. The molecule has 0 saturated carbocycles. The summed E-state index contributed by atoms with van der Waals surface area (Å²) in [6, 6.07) is 16.4. The average Bonchev–Trinajstić information content (AvgIpc) is 3.03. The predicted molar refractivity (Wildman–Crippen MR) is 86.9 cm³/mol. The largest absolute Gasteiger partial charge is 0.396 e. The van der Waals surface area contributed by atoms with Gasteiger partial charge in [-0.3, -0.25) is 0 Å². The molecule has 0 atom stereocenters. The van der Waals surface area contributed by atoms with E-state index in [4.69, 9.17) is 5.73 Å². The summed E-state index contributed by atoms with van der Waals surface area (Å²) >= 11 is 3.20. The number of nitrogens with two attached hydrogens (primary N) is 1. The fraction of sp³-hybridized carbons (Fsp3) is 0.0625. The Kier molecular flexibility index (Phi) is 3.31. The van der Waals surface area contributed by atoms with E-state index in [2.05, 4.69) is 25.1 Å². The van der Waals surface area contributed by atoms with Gasteiger partial charge < -0.3 is 5.73 Å². The van der Waals surface area contributed by atoms with E-state index in [0.717, 1.165) is 16.0 Å². The van der Waals surface area contributed by atoms with E-state index >= 15 is 0 Å². The maximum Gasteiger partial charge on any atom is 0.129 e. The highest BCUT2D eigenvalue weighted by Gasteiger charge is 2.19. The summed E-state index contributed by atoms with van der Waals surface area (Å²) in [6.07, 6.45) is 0. The molecular formula is C16H12N2S2. The highest BCUT2D eigenvalue weighted by molar-refractivity contribution is 7.23. The lowest BCUT2D eigenvalue weighted by Crippen LogP contribution is -1.88. The molecule has 2 nitrogen and oxygen atoms in total. The molecule has 0 spiro atoms. The van der Waals surface area contributed by atoms with E-state index in [1.807, 2.05) is 30.3 Å². The molecule has 0 saturated heterocycles. The Bertz CT molecular complexity index is 792. The molecule has 0 amide bonds. The first-order valence-corrected chi connectivity index (χ1v) is 7.78. The molecular weight excluding hydrogens is 284 g/mol.